The first-order chi connectivity index (χ1) is 15.4. The fourth-order valence-electron chi connectivity index (χ4n) is 3.26. The minimum absolute atomic E-state index is 0.0602. The summed E-state index contributed by atoms with van der Waals surface area (Å²) in [6.07, 6.45) is 1.07. The van der Waals surface area contributed by atoms with Gasteiger partial charge in [0, 0.05) is 31.1 Å². The van der Waals surface area contributed by atoms with E-state index in [9.17, 15) is 14.4 Å². The fourth-order valence-corrected chi connectivity index (χ4v) is 3.26. The van der Waals surface area contributed by atoms with Gasteiger partial charge in [-0.25, -0.2) is 0 Å². The second-order valence-electron chi connectivity index (χ2n) is 7.54. The molecule has 0 atom stereocenters. The van der Waals surface area contributed by atoms with Gasteiger partial charge in [0.2, 0.25) is 5.91 Å². The first-order valence-corrected chi connectivity index (χ1v) is 10.4. The quantitative estimate of drug-likeness (QED) is 0.409. The summed E-state index contributed by atoms with van der Waals surface area (Å²) >= 11 is 0. The number of esters is 1. The van der Waals surface area contributed by atoms with Gasteiger partial charge in [0.15, 0.2) is 0 Å². The van der Waals surface area contributed by atoms with Crippen LogP contribution in [0.3, 0.4) is 0 Å². The van der Waals surface area contributed by atoms with Crippen LogP contribution < -0.4 is 15.4 Å². The molecule has 3 aromatic rings. The topological polar surface area (TPSA) is 84.5 Å². The molecule has 0 heterocycles. The first-order valence-electron chi connectivity index (χ1n) is 10.4. The SMILES string of the molecule is CC(=O)Oc1cccc(C(=O)NCc2cccc(NC(=O)CCc3cccc(C)c3)c2)c1. The van der Waals surface area contributed by atoms with E-state index in [1.54, 1.807) is 18.2 Å². The highest BCUT2D eigenvalue weighted by Gasteiger charge is 2.09. The van der Waals surface area contributed by atoms with Crippen molar-refractivity contribution < 1.29 is 19.1 Å². The molecule has 6 heteroatoms. The van der Waals surface area contributed by atoms with Crippen LogP contribution in [0, 0.1) is 6.92 Å². The zero-order valence-electron chi connectivity index (χ0n) is 18.2. The van der Waals surface area contributed by atoms with Crippen LogP contribution in [0.5, 0.6) is 5.75 Å². The minimum atomic E-state index is -0.444. The Morgan fingerprint density at radius 2 is 1.62 bits per heavy atom. The number of hydrogen-bond donors (Lipinski definition) is 2. The van der Waals surface area contributed by atoms with E-state index < -0.39 is 5.97 Å². The van der Waals surface area contributed by atoms with E-state index in [1.165, 1.54) is 18.6 Å². The number of amides is 2. The number of rotatable bonds is 8. The minimum Gasteiger partial charge on any atom is -0.427 e. The van der Waals surface area contributed by atoms with E-state index in [-0.39, 0.29) is 11.8 Å². The van der Waals surface area contributed by atoms with Crippen LogP contribution in [0.15, 0.2) is 72.8 Å². The molecule has 2 N–H and O–H groups in total. The van der Waals surface area contributed by atoms with Crippen molar-refractivity contribution in [2.75, 3.05) is 5.32 Å². The van der Waals surface area contributed by atoms with Gasteiger partial charge in [-0.05, 0) is 54.8 Å². The molecule has 0 aliphatic carbocycles. The van der Waals surface area contributed by atoms with Gasteiger partial charge in [0.05, 0.1) is 0 Å². The van der Waals surface area contributed by atoms with Crippen LogP contribution in [0.4, 0.5) is 5.69 Å². The second kappa shape index (κ2) is 10.9. The summed E-state index contributed by atoms with van der Waals surface area (Å²) in [4.78, 5) is 35.9. The van der Waals surface area contributed by atoms with Crippen LogP contribution in [0.25, 0.3) is 0 Å². The first kappa shape index (κ1) is 22.7. The third-order valence-corrected chi connectivity index (χ3v) is 4.74. The molecule has 164 valence electrons. The number of aryl methyl sites for hydroxylation is 2. The van der Waals surface area contributed by atoms with Gasteiger partial charge in [0.1, 0.15) is 5.75 Å². The lowest BCUT2D eigenvalue weighted by Gasteiger charge is -2.10. The Kier molecular flexibility index (Phi) is 7.75. The molecular weight excluding hydrogens is 404 g/mol. The molecule has 0 aliphatic heterocycles. The largest absolute Gasteiger partial charge is 0.427 e. The third kappa shape index (κ3) is 7.09. The lowest BCUT2D eigenvalue weighted by atomic mass is 10.1. The Bertz CT molecular complexity index is 1120. The molecule has 0 radical (unpaired) electrons. The molecule has 0 spiro atoms. The zero-order valence-corrected chi connectivity index (χ0v) is 18.2. The molecule has 0 aliphatic rings. The maximum atomic E-state index is 12.4. The molecule has 6 nitrogen and oxygen atoms in total. The van der Waals surface area contributed by atoms with Gasteiger partial charge in [-0.3, -0.25) is 14.4 Å². The van der Waals surface area contributed by atoms with Crippen molar-refractivity contribution in [2.45, 2.75) is 33.2 Å². The highest BCUT2D eigenvalue weighted by atomic mass is 16.5. The van der Waals surface area contributed by atoms with E-state index in [4.69, 9.17) is 4.74 Å². The van der Waals surface area contributed by atoms with E-state index in [0.29, 0.717) is 36.4 Å². The van der Waals surface area contributed by atoms with Crippen LogP contribution in [0.1, 0.15) is 40.4 Å². The summed E-state index contributed by atoms with van der Waals surface area (Å²) in [5.74, 6) is -0.470. The van der Waals surface area contributed by atoms with Gasteiger partial charge >= 0.3 is 5.97 Å². The molecule has 0 unspecified atom stereocenters. The molecule has 32 heavy (non-hydrogen) atoms. The smallest absolute Gasteiger partial charge is 0.308 e. The van der Waals surface area contributed by atoms with Crippen molar-refractivity contribution in [1.82, 2.24) is 5.32 Å². The maximum absolute atomic E-state index is 12.4. The molecule has 0 saturated carbocycles. The predicted octanol–water partition coefficient (Wildman–Crippen LogP) is 4.42. The number of ether oxygens (including phenoxy) is 1. The summed E-state index contributed by atoms with van der Waals surface area (Å²) in [6.45, 7) is 3.63. The van der Waals surface area contributed by atoms with Gasteiger partial charge in [-0.15, -0.1) is 0 Å². The Morgan fingerprint density at radius 3 is 2.41 bits per heavy atom. The molecule has 0 fully saturated rings. The van der Waals surface area contributed by atoms with Crippen LogP contribution in [0.2, 0.25) is 0 Å². The Hall–Kier alpha value is -3.93. The van der Waals surface area contributed by atoms with E-state index in [0.717, 1.165) is 11.1 Å². The summed E-state index contributed by atoms with van der Waals surface area (Å²) in [7, 11) is 0. The van der Waals surface area contributed by atoms with Crippen LogP contribution >= 0.6 is 0 Å². The van der Waals surface area contributed by atoms with E-state index in [2.05, 4.69) is 16.7 Å². The lowest BCUT2D eigenvalue weighted by Crippen LogP contribution is -2.23. The summed E-state index contributed by atoms with van der Waals surface area (Å²) < 4.78 is 5.02. The predicted molar refractivity (Wildman–Crippen MR) is 123 cm³/mol. The second-order valence-corrected chi connectivity index (χ2v) is 7.54. The number of anilines is 1. The Labute approximate surface area is 187 Å². The average molecular weight is 431 g/mol. The molecule has 3 rings (SSSR count). The van der Waals surface area contributed by atoms with Crippen molar-refractivity contribution in [3.8, 4) is 5.75 Å². The summed E-state index contributed by atoms with van der Waals surface area (Å²) in [5.41, 5.74) is 4.24. The van der Waals surface area contributed by atoms with Crippen molar-refractivity contribution in [1.29, 1.82) is 0 Å². The normalized spacial score (nSPS) is 10.3. The molecule has 0 saturated heterocycles. The summed E-state index contributed by atoms with van der Waals surface area (Å²) in [6, 6.07) is 21.9. The van der Waals surface area contributed by atoms with Crippen molar-refractivity contribution >= 4 is 23.5 Å². The van der Waals surface area contributed by atoms with Crippen molar-refractivity contribution in [3.05, 3.63) is 95.1 Å². The molecule has 2 amide bonds. The summed E-state index contributed by atoms with van der Waals surface area (Å²) in [5, 5.41) is 5.75. The standard InChI is InChI=1S/C26H26N2O4/c1-18-6-3-7-20(14-18)12-13-25(30)28-23-10-4-8-21(15-23)17-27-26(31)22-9-5-11-24(16-22)32-19(2)29/h3-11,14-16H,12-13,17H2,1-2H3,(H,27,31)(H,28,30). The number of benzene rings is 3. The van der Waals surface area contributed by atoms with E-state index >= 15 is 0 Å². The van der Waals surface area contributed by atoms with Crippen LogP contribution in [-0.2, 0) is 22.6 Å². The van der Waals surface area contributed by atoms with E-state index in [1.807, 2.05) is 49.4 Å². The Morgan fingerprint density at radius 1 is 0.875 bits per heavy atom. The molecule has 0 aromatic heterocycles. The van der Waals surface area contributed by atoms with Gasteiger partial charge in [-0.2, -0.15) is 0 Å². The third-order valence-electron chi connectivity index (χ3n) is 4.74. The van der Waals surface area contributed by atoms with Gasteiger partial charge < -0.3 is 15.4 Å². The average Bonchev–Trinajstić information content (AvgIpc) is 2.76. The number of hydrogen-bond acceptors (Lipinski definition) is 4. The highest BCUT2D eigenvalue weighted by Crippen LogP contribution is 2.15. The molecule has 0 bridgehead atoms. The van der Waals surface area contributed by atoms with Gasteiger partial charge in [-0.1, -0.05) is 48.0 Å². The molecule has 3 aromatic carbocycles. The zero-order chi connectivity index (χ0) is 22.9. The molecular formula is C26H26N2O4. The van der Waals surface area contributed by atoms with Crippen molar-refractivity contribution in [2.24, 2.45) is 0 Å². The fraction of sp³-hybridized carbons (Fsp3) is 0.192. The van der Waals surface area contributed by atoms with Crippen molar-refractivity contribution in [3.63, 3.8) is 0 Å². The number of carbonyl (C=O) groups is 3. The Balaban J connectivity index is 1.52. The number of nitrogens with one attached hydrogen (secondary N) is 2. The lowest BCUT2D eigenvalue weighted by molar-refractivity contribution is -0.131. The number of carbonyl (C=O) groups excluding carboxylic acids is 3. The highest BCUT2D eigenvalue weighted by molar-refractivity contribution is 5.94. The van der Waals surface area contributed by atoms with Crippen LogP contribution in [-0.4, -0.2) is 17.8 Å². The maximum Gasteiger partial charge on any atom is 0.308 e. The van der Waals surface area contributed by atoms with Gasteiger partial charge in [0.25, 0.3) is 5.91 Å². The monoisotopic (exact) mass is 430 g/mol.